The summed E-state index contributed by atoms with van der Waals surface area (Å²) in [6.45, 7) is -0.470. The van der Waals surface area contributed by atoms with Crippen molar-refractivity contribution in [3.05, 3.63) is 59.7 Å². The number of nitrogens with zero attached hydrogens (tertiary/aromatic N) is 1. The number of hydrogen-bond donors (Lipinski definition) is 2. The van der Waals surface area contributed by atoms with Crippen LogP contribution in [0.1, 0.15) is 5.56 Å². The topological polar surface area (TPSA) is 114 Å². The highest BCUT2D eigenvalue weighted by Crippen LogP contribution is 2.25. The van der Waals surface area contributed by atoms with Crippen LogP contribution in [0.3, 0.4) is 0 Å². The molecule has 1 fully saturated rings. The van der Waals surface area contributed by atoms with E-state index in [-0.39, 0.29) is 26.2 Å². The van der Waals surface area contributed by atoms with Crippen LogP contribution in [0.4, 0.5) is 8.78 Å². The lowest BCUT2D eigenvalue weighted by molar-refractivity contribution is -0.139. The molecule has 2 N–H and O–H groups in total. The SMILES string of the molecule is COc1ccccc1CNC(=O)C(=O)NCC1OCCN1S(=O)(=O)c1cc(F)ccc1F. The van der Waals surface area contributed by atoms with E-state index < -0.39 is 44.6 Å². The van der Waals surface area contributed by atoms with Crippen LogP contribution in [0.2, 0.25) is 0 Å². The Morgan fingerprint density at radius 2 is 1.88 bits per heavy atom. The van der Waals surface area contributed by atoms with Gasteiger partial charge in [-0.25, -0.2) is 17.2 Å². The number of para-hydroxylation sites is 1. The van der Waals surface area contributed by atoms with E-state index in [0.717, 1.165) is 10.4 Å². The van der Waals surface area contributed by atoms with Crippen LogP contribution in [-0.2, 0) is 30.9 Å². The van der Waals surface area contributed by atoms with Crippen LogP contribution in [0.5, 0.6) is 5.75 Å². The van der Waals surface area contributed by atoms with Crippen molar-refractivity contribution in [2.45, 2.75) is 17.7 Å². The second-order valence-corrected chi connectivity index (χ2v) is 8.58. The first-order valence-electron chi connectivity index (χ1n) is 9.50. The lowest BCUT2D eigenvalue weighted by atomic mass is 10.2. The van der Waals surface area contributed by atoms with E-state index in [2.05, 4.69) is 10.6 Å². The first-order valence-corrected chi connectivity index (χ1v) is 10.9. The number of hydrogen-bond acceptors (Lipinski definition) is 6. The third-order valence-corrected chi connectivity index (χ3v) is 6.60. The summed E-state index contributed by atoms with van der Waals surface area (Å²) in [6, 6.07) is 9.02. The largest absolute Gasteiger partial charge is 0.496 e. The predicted molar refractivity (Wildman–Crippen MR) is 108 cm³/mol. The molecule has 3 rings (SSSR count). The van der Waals surface area contributed by atoms with Crippen LogP contribution in [-0.4, -0.2) is 57.6 Å². The zero-order chi connectivity index (χ0) is 23.3. The maximum atomic E-state index is 14.0. The number of carbonyl (C=O) groups is 2. The van der Waals surface area contributed by atoms with E-state index in [1.165, 1.54) is 7.11 Å². The molecular formula is C20H21F2N3O6S. The molecule has 1 aliphatic rings. The molecule has 0 aliphatic carbocycles. The highest BCUT2D eigenvalue weighted by atomic mass is 32.2. The summed E-state index contributed by atoms with van der Waals surface area (Å²) in [7, 11) is -2.96. The fraction of sp³-hybridized carbons (Fsp3) is 0.300. The van der Waals surface area contributed by atoms with Gasteiger partial charge in [-0.15, -0.1) is 0 Å². The molecule has 1 unspecified atom stereocenters. The van der Waals surface area contributed by atoms with Crippen LogP contribution in [0.25, 0.3) is 0 Å². The van der Waals surface area contributed by atoms with Gasteiger partial charge in [-0.3, -0.25) is 9.59 Å². The zero-order valence-corrected chi connectivity index (χ0v) is 17.8. The van der Waals surface area contributed by atoms with Gasteiger partial charge in [-0.2, -0.15) is 4.31 Å². The molecule has 0 spiro atoms. The summed E-state index contributed by atoms with van der Waals surface area (Å²) in [6.07, 6.45) is -1.19. The van der Waals surface area contributed by atoms with Crippen molar-refractivity contribution in [2.24, 2.45) is 0 Å². The molecule has 0 bridgehead atoms. The van der Waals surface area contributed by atoms with E-state index in [4.69, 9.17) is 9.47 Å². The third-order valence-electron chi connectivity index (χ3n) is 4.70. The second-order valence-electron chi connectivity index (χ2n) is 6.72. The fourth-order valence-electron chi connectivity index (χ4n) is 3.11. The van der Waals surface area contributed by atoms with Crippen LogP contribution in [0, 0.1) is 11.6 Å². The van der Waals surface area contributed by atoms with Gasteiger partial charge < -0.3 is 20.1 Å². The van der Waals surface area contributed by atoms with Gasteiger partial charge in [0.15, 0.2) is 0 Å². The summed E-state index contributed by atoms with van der Waals surface area (Å²) < 4.78 is 64.2. The van der Waals surface area contributed by atoms with Crippen molar-refractivity contribution < 1.29 is 36.3 Å². The average molecular weight is 469 g/mol. The van der Waals surface area contributed by atoms with Crippen molar-refractivity contribution in [1.29, 1.82) is 0 Å². The molecule has 0 saturated carbocycles. The standard InChI is InChI=1S/C20H21F2N3O6S/c1-30-16-5-3-2-4-13(16)11-23-19(26)20(27)24-12-18-25(8-9-31-18)32(28,29)17-10-14(21)6-7-15(17)22/h2-7,10,18H,8-9,11-12H2,1H3,(H,23,26)(H,24,27). The van der Waals surface area contributed by atoms with Crippen LogP contribution in [0.15, 0.2) is 47.4 Å². The normalized spacial score (nSPS) is 16.5. The molecule has 2 aromatic carbocycles. The van der Waals surface area contributed by atoms with Gasteiger partial charge in [0, 0.05) is 18.7 Å². The Morgan fingerprint density at radius 3 is 2.62 bits per heavy atom. The quantitative estimate of drug-likeness (QED) is 0.579. The highest BCUT2D eigenvalue weighted by molar-refractivity contribution is 7.89. The molecule has 172 valence electrons. The maximum Gasteiger partial charge on any atom is 0.309 e. The summed E-state index contributed by atoms with van der Waals surface area (Å²) in [5.41, 5.74) is 0.657. The number of nitrogens with one attached hydrogen (secondary N) is 2. The molecule has 32 heavy (non-hydrogen) atoms. The van der Waals surface area contributed by atoms with E-state index in [1.807, 2.05) is 0 Å². The summed E-state index contributed by atoms with van der Waals surface area (Å²) in [5.74, 6) is -3.44. The molecule has 2 amide bonds. The molecule has 1 aliphatic heterocycles. The summed E-state index contributed by atoms with van der Waals surface area (Å²) in [4.78, 5) is 23.3. The first-order chi connectivity index (χ1) is 15.2. The Balaban J connectivity index is 1.60. The van der Waals surface area contributed by atoms with Crippen molar-refractivity contribution in [3.8, 4) is 5.75 Å². The molecule has 1 atom stereocenters. The molecule has 0 aromatic heterocycles. The minimum atomic E-state index is -4.44. The van der Waals surface area contributed by atoms with Gasteiger partial charge in [-0.05, 0) is 24.3 Å². The Labute approximate surface area is 183 Å². The van der Waals surface area contributed by atoms with Gasteiger partial charge in [0.05, 0.1) is 20.3 Å². The number of ether oxygens (including phenoxy) is 2. The smallest absolute Gasteiger partial charge is 0.309 e. The average Bonchev–Trinajstić information content (AvgIpc) is 3.27. The lowest BCUT2D eigenvalue weighted by Crippen LogP contribution is -2.47. The summed E-state index contributed by atoms with van der Waals surface area (Å²) in [5, 5.41) is 4.72. The van der Waals surface area contributed by atoms with Crippen molar-refractivity contribution in [3.63, 3.8) is 0 Å². The Hall–Kier alpha value is -3.09. The summed E-state index contributed by atoms with van der Waals surface area (Å²) >= 11 is 0. The van der Waals surface area contributed by atoms with Gasteiger partial charge in [-0.1, -0.05) is 18.2 Å². The van der Waals surface area contributed by atoms with Crippen LogP contribution < -0.4 is 15.4 Å². The first kappa shape index (κ1) is 23.6. The van der Waals surface area contributed by atoms with E-state index in [1.54, 1.807) is 24.3 Å². The van der Waals surface area contributed by atoms with Crippen molar-refractivity contribution in [1.82, 2.24) is 14.9 Å². The monoisotopic (exact) mass is 469 g/mol. The van der Waals surface area contributed by atoms with Gasteiger partial charge >= 0.3 is 11.8 Å². The van der Waals surface area contributed by atoms with E-state index in [9.17, 15) is 26.8 Å². The van der Waals surface area contributed by atoms with Gasteiger partial charge in [0.2, 0.25) is 10.0 Å². The zero-order valence-electron chi connectivity index (χ0n) is 17.0. The van der Waals surface area contributed by atoms with Gasteiger partial charge in [0.1, 0.15) is 28.5 Å². The molecule has 0 radical (unpaired) electrons. The maximum absolute atomic E-state index is 14.0. The number of amides is 2. The number of carbonyl (C=O) groups excluding carboxylic acids is 2. The van der Waals surface area contributed by atoms with Gasteiger partial charge in [0.25, 0.3) is 0 Å². The molecule has 1 saturated heterocycles. The molecule has 2 aromatic rings. The number of halogens is 2. The number of methoxy groups -OCH3 is 1. The minimum absolute atomic E-state index is 0.0172. The Bertz CT molecular complexity index is 1110. The molecule has 12 heteroatoms. The van der Waals surface area contributed by atoms with E-state index >= 15 is 0 Å². The van der Waals surface area contributed by atoms with Crippen molar-refractivity contribution in [2.75, 3.05) is 26.8 Å². The Morgan fingerprint density at radius 1 is 1.16 bits per heavy atom. The fourth-order valence-corrected chi connectivity index (χ4v) is 4.70. The highest BCUT2D eigenvalue weighted by Gasteiger charge is 2.38. The molecular weight excluding hydrogens is 448 g/mol. The molecule has 1 heterocycles. The van der Waals surface area contributed by atoms with Crippen molar-refractivity contribution >= 4 is 21.8 Å². The number of benzene rings is 2. The number of rotatable bonds is 7. The third kappa shape index (κ3) is 5.21. The van der Waals surface area contributed by atoms with Crippen LogP contribution >= 0.6 is 0 Å². The second kappa shape index (κ2) is 10.0. The van der Waals surface area contributed by atoms with E-state index in [0.29, 0.717) is 23.4 Å². The lowest BCUT2D eigenvalue weighted by Gasteiger charge is -2.23. The number of sulfonamides is 1. The minimum Gasteiger partial charge on any atom is -0.496 e. The molecule has 9 nitrogen and oxygen atoms in total. The predicted octanol–water partition coefficient (Wildman–Crippen LogP) is 0.753. The Kier molecular flexibility index (Phi) is 7.38.